The third kappa shape index (κ3) is 3.19. The van der Waals surface area contributed by atoms with E-state index in [1.807, 2.05) is 0 Å². The number of nitrogens with two attached hydrogens (primary N) is 2. The number of nitrogen functional groups attached to an aromatic ring is 1. The molecule has 0 aromatic heterocycles. The lowest BCUT2D eigenvalue weighted by atomic mass is 9.98. The van der Waals surface area contributed by atoms with E-state index in [4.69, 9.17) is 16.3 Å². The van der Waals surface area contributed by atoms with Crippen molar-refractivity contribution in [2.24, 2.45) is 5.84 Å². The van der Waals surface area contributed by atoms with Gasteiger partial charge in [0.05, 0.1) is 6.10 Å². The summed E-state index contributed by atoms with van der Waals surface area (Å²) >= 11 is 0. The van der Waals surface area contributed by atoms with Crippen LogP contribution in [0.25, 0.3) is 0 Å². The molecular formula is C13H20FN3O. The molecule has 0 radical (unpaired) electrons. The molecule has 4 nitrogen and oxygen atoms in total. The molecule has 100 valence electrons. The van der Waals surface area contributed by atoms with E-state index in [0.717, 1.165) is 37.9 Å². The van der Waals surface area contributed by atoms with Crippen molar-refractivity contribution in [2.45, 2.75) is 37.8 Å². The number of anilines is 1. The van der Waals surface area contributed by atoms with Crippen molar-refractivity contribution in [3.8, 4) is 0 Å². The highest BCUT2D eigenvalue weighted by atomic mass is 19.1. The van der Waals surface area contributed by atoms with E-state index in [1.54, 1.807) is 6.07 Å². The minimum absolute atomic E-state index is 0.134. The van der Waals surface area contributed by atoms with Crippen LogP contribution in [0.5, 0.6) is 0 Å². The van der Waals surface area contributed by atoms with Gasteiger partial charge in [-0.2, -0.15) is 0 Å². The van der Waals surface area contributed by atoms with Crippen LogP contribution in [0.3, 0.4) is 0 Å². The van der Waals surface area contributed by atoms with E-state index in [0.29, 0.717) is 11.8 Å². The van der Waals surface area contributed by atoms with Gasteiger partial charge in [0.15, 0.2) is 0 Å². The Bertz CT molecular complexity index is 394. The fourth-order valence-corrected chi connectivity index (χ4v) is 2.40. The molecule has 0 spiro atoms. The smallest absolute Gasteiger partial charge is 0.123 e. The van der Waals surface area contributed by atoms with Gasteiger partial charge in [0.25, 0.3) is 0 Å². The molecule has 1 aromatic rings. The predicted molar refractivity (Wildman–Crippen MR) is 69.1 cm³/mol. The molecule has 1 fully saturated rings. The third-order valence-electron chi connectivity index (χ3n) is 3.43. The van der Waals surface area contributed by atoms with Crippen LogP contribution in [0, 0.1) is 5.82 Å². The Balaban J connectivity index is 2.00. The SMILES string of the molecule is NNC(CCC1CCCO1)c1cc(F)ccc1N. The molecule has 1 aliphatic rings. The molecule has 0 amide bonds. The number of nitrogens with one attached hydrogen (secondary N) is 1. The van der Waals surface area contributed by atoms with Gasteiger partial charge in [-0.1, -0.05) is 0 Å². The van der Waals surface area contributed by atoms with Crippen molar-refractivity contribution < 1.29 is 9.13 Å². The summed E-state index contributed by atoms with van der Waals surface area (Å²) in [6.45, 7) is 0.841. The summed E-state index contributed by atoms with van der Waals surface area (Å²) < 4.78 is 18.8. The highest BCUT2D eigenvalue weighted by Gasteiger charge is 2.19. The predicted octanol–water partition coefficient (Wildman–Crippen LogP) is 1.87. The molecule has 18 heavy (non-hydrogen) atoms. The van der Waals surface area contributed by atoms with Crippen LogP contribution in [0.1, 0.15) is 37.3 Å². The first-order valence-electron chi connectivity index (χ1n) is 6.33. The van der Waals surface area contributed by atoms with Crippen molar-refractivity contribution in [1.29, 1.82) is 0 Å². The zero-order valence-electron chi connectivity index (χ0n) is 10.4. The summed E-state index contributed by atoms with van der Waals surface area (Å²) in [5, 5.41) is 0. The highest BCUT2D eigenvalue weighted by Crippen LogP contribution is 2.27. The lowest BCUT2D eigenvalue weighted by molar-refractivity contribution is 0.0996. The summed E-state index contributed by atoms with van der Waals surface area (Å²) in [6.07, 6.45) is 4.21. The average Bonchev–Trinajstić information content (AvgIpc) is 2.87. The first-order chi connectivity index (χ1) is 8.70. The number of hydrazine groups is 1. The van der Waals surface area contributed by atoms with Gasteiger partial charge in [0.1, 0.15) is 5.82 Å². The largest absolute Gasteiger partial charge is 0.398 e. The van der Waals surface area contributed by atoms with Crippen LogP contribution in [0.4, 0.5) is 10.1 Å². The Kier molecular flexibility index (Phi) is 4.52. The maximum Gasteiger partial charge on any atom is 0.123 e. The Morgan fingerprint density at radius 2 is 2.33 bits per heavy atom. The van der Waals surface area contributed by atoms with Gasteiger partial charge in [-0.3, -0.25) is 11.3 Å². The Morgan fingerprint density at radius 3 is 3.00 bits per heavy atom. The fourth-order valence-electron chi connectivity index (χ4n) is 2.40. The van der Waals surface area contributed by atoms with Gasteiger partial charge in [0, 0.05) is 18.3 Å². The molecule has 0 saturated carbocycles. The van der Waals surface area contributed by atoms with Crippen LogP contribution >= 0.6 is 0 Å². The molecule has 1 aliphatic heterocycles. The normalized spacial score (nSPS) is 21.1. The van der Waals surface area contributed by atoms with E-state index in [2.05, 4.69) is 5.43 Å². The highest BCUT2D eigenvalue weighted by molar-refractivity contribution is 5.48. The van der Waals surface area contributed by atoms with E-state index in [1.165, 1.54) is 12.1 Å². The van der Waals surface area contributed by atoms with Crippen LogP contribution in [0.15, 0.2) is 18.2 Å². The summed E-state index contributed by atoms with van der Waals surface area (Å²) in [7, 11) is 0. The molecular weight excluding hydrogens is 233 g/mol. The number of rotatable bonds is 5. The maximum absolute atomic E-state index is 13.2. The molecule has 0 aliphatic carbocycles. The summed E-state index contributed by atoms with van der Waals surface area (Å²) in [5.74, 6) is 5.24. The van der Waals surface area contributed by atoms with Crippen LogP contribution in [-0.4, -0.2) is 12.7 Å². The lowest BCUT2D eigenvalue weighted by Crippen LogP contribution is -2.29. The van der Waals surface area contributed by atoms with E-state index >= 15 is 0 Å². The Hall–Kier alpha value is -1.17. The maximum atomic E-state index is 13.2. The summed E-state index contributed by atoms with van der Waals surface area (Å²) in [4.78, 5) is 0. The molecule has 2 atom stereocenters. The minimum atomic E-state index is -0.295. The van der Waals surface area contributed by atoms with Crippen LogP contribution in [0.2, 0.25) is 0 Å². The van der Waals surface area contributed by atoms with Crippen molar-refractivity contribution in [2.75, 3.05) is 12.3 Å². The molecule has 5 N–H and O–H groups in total. The summed E-state index contributed by atoms with van der Waals surface area (Å²) in [6, 6.07) is 4.23. The van der Waals surface area contributed by atoms with E-state index < -0.39 is 0 Å². The van der Waals surface area contributed by atoms with E-state index in [9.17, 15) is 4.39 Å². The van der Waals surface area contributed by atoms with Gasteiger partial charge in [-0.15, -0.1) is 0 Å². The number of hydrogen-bond acceptors (Lipinski definition) is 4. The first-order valence-corrected chi connectivity index (χ1v) is 6.33. The van der Waals surface area contributed by atoms with Gasteiger partial charge in [-0.05, 0) is 49.4 Å². The molecule has 2 rings (SSSR count). The monoisotopic (exact) mass is 253 g/mol. The Morgan fingerprint density at radius 1 is 1.50 bits per heavy atom. The molecule has 0 bridgehead atoms. The van der Waals surface area contributed by atoms with Crippen molar-refractivity contribution in [3.63, 3.8) is 0 Å². The minimum Gasteiger partial charge on any atom is -0.398 e. The quantitative estimate of drug-likeness (QED) is 0.425. The molecule has 2 unspecified atom stereocenters. The van der Waals surface area contributed by atoms with Crippen LogP contribution in [-0.2, 0) is 4.74 Å². The number of ether oxygens (including phenoxy) is 1. The second kappa shape index (κ2) is 6.13. The van der Waals surface area contributed by atoms with Gasteiger partial charge < -0.3 is 10.5 Å². The number of hydrogen-bond donors (Lipinski definition) is 3. The van der Waals surface area contributed by atoms with E-state index in [-0.39, 0.29) is 11.9 Å². The van der Waals surface area contributed by atoms with Gasteiger partial charge in [0.2, 0.25) is 0 Å². The zero-order valence-corrected chi connectivity index (χ0v) is 10.4. The lowest BCUT2D eigenvalue weighted by Gasteiger charge is -2.20. The topological polar surface area (TPSA) is 73.3 Å². The molecule has 5 heteroatoms. The van der Waals surface area contributed by atoms with Gasteiger partial charge in [-0.25, -0.2) is 4.39 Å². The van der Waals surface area contributed by atoms with Crippen LogP contribution < -0.4 is 17.0 Å². The zero-order chi connectivity index (χ0) is 13.0. The van der Waals surface area contributed by atoms with Crippen molar-refractivity contribution >= 4 is 5.69 Å². The molecule has 1 saturated heterocycles. The third-order valence-corrected chi connectivity index (χ3v) is 3.43. The molecule has 1 heterocycles. The Labute approximate surface area is 106 Å². The number of halogens is 1. The molecule has 1 aromatic carbocycles. The standard InChI is InChI=1S/C13H20FN3O/c14-9-3-5-12(15)11(8-9)13(17-16)6-4-10-2-1-7-18-10/h3,5,8,10,13,17H,1-2,4,6-7,15-16H2. The number of benzene rings is 1. The van der Waals surface area contributed by atoms with Gasteiger partial charge >= 0.3 is 0 Å². The first kappa shape index (κ1) is 13.3. The van der Waals surface area contributed by atoms with Crippen molar-refractivity contribution in [3.05, 3.63) is 29.6 Å². The summed E-state index contributed by atoms with van der Waals surface area (Å²) in [5.41, 5.74) is 9.84. The second-order valence-corrected chi connectivity index (χ2v) is 4.70. The fraction of sp³-hybridized carbons (Fsp3) is 0.538. The average molecular weight is 253 g/mol. The second-order valence-electron chi connectivity index (χ2n) is 4.70. The van der Waals surface area contributed by atoms with Crippen molar-refractivity contribution in [1.82, 2.24) is 5.43 Å².